The third-order valence-electron chi connectivity index (χ3n) is 3.00. The SMILES string of the molecule is Cc1cc(Oc2ncnc3sccc23)c(C)cc1N. The number of aryl methyl sites for hydroxylation is 2. The van der Waals surface area contributed by atoms with Crippen molar-refractivity contribution in [2.24, 2.45) is 0 Å². The molecule has 4 nitrogen and oxygen atoms in total. The minimum atomic E-state index is 0.582. The highest BCUT2D eigenvalue weighted by molar-refractivity contribution is 7.16. The van der Waals surface area contributed by atoms with Crippen molar-refractivity contribution < 1.29 is 4.74 Å². The highest BCUT2D eigenvalue weighted by Gasteiger charge is 2.10. The lowest BCUT2D eigenvalue weighted by Crippen LogP contribution is -1.95. The molecule has 0 bridgehead atoms. The van der Waals surface area contributed by atoms with Crippen molar-refractivity contribution in [1.29, 1.82) is 0 Å². The molecule has 2 heterocycles. The first-order valence-electron chi connectivity index (χ1n) is 5.88. The topological polar surface area (TPSA) is 61.0 Å². The molecule has 3 aromatic rings. The summed E-state index contributed by atoms with van der Waals surface area (Å²) in [7, 11) is 0. The van der Waals surface area contributed by atoms with Crippen LogP contribution in [-0.2, 0) is 0 Å². The Morgan fingerprint density at radius 1 is 1.16 bits per heavy atom. The molecule has 0 fully saturated rings. The number of rotatable bonds is 2. The van der Waals surface area contributed by atoms with Gasteiger partial charge in [0.2, 0.25) is 5.88 Å². The second-order valence-corrected chi connectivity index (χ2v) is 5.29. The molecule has 0 unspecified atom stereocenters. The largest absolute Gasteiger partial charge is 0.438 e. The Kier molecular flexibility index (Phi) is 2.83. The Hall–Kier alpha value is -2.14. The molecule has 0 amide bonds. The number of benzene rings is 1. The Morgan fingerprint density at radius 3 is 2.84 bits per heavy atom. The molecule has 2 N–H and O–H groups in total. The maximum atomic E-state index is 5.92. The number of hydrogen-bond donors (Lipinski definition) is 1. The second kappa shape index (κ2) is 4.51. The summed E-state index contributed by atoms with van der Waals surface area (Å²) in [5.41, 5.74) is 8.64. The van der Waals surface area contributed by atoms with Gasteiger partial charge in [-0.1, -0.05) is 0 Å². The fraction of sp³-hybridized carbons (Fsp3) is 0.143. The minimum absolute atomic E-state index is 0.582. The van der Waals surface area contributed by atoms with E-state index >= 15 is 0 Å². The third-order valence-corrected chi connectivity index (χ3v) is 3.82. The van der Waals surface area contributed by atoms with E-state index in [2.05, 4.69) is 9.97 Å². The number of nitrogens with two attached hydrogens (primary N) is 1. The van der Waals surface area contributed by atoms with Crippen LogP contribution in [0.2, 0.25) is 0 Å². The summed E-state index contributed by atoms with van der Waals surface area (Å²) < 4.78 is 5.92. The van der Waals surface area contributed by atoms with Crippen molar-refractivity contribution in [1.82, 2.24) is 9.97 Å². The first-order chi connectivity index (χ1) is 9.15. The van der Waals surface area contributed by atoms with Gasteiger partial charge in [0.1, 0.15) is 16.9 Å². The quantitative estimate of drug-likeness (QED) is 0.722. The normalized spacial score (nSPS) is 10.8. The van der Waals surface area contributed by atoms with Crippen molar-refractivity contribution in [2.75, 3.05) is 5.73 Å². The highest BCUT2D eigenvalue weighted by Crippen LogP contribution is 2.32. The van der Waals surface area contributed by atoms with Crippen LogP contribution in [0.1, 0.15) is 11.1 Å². The van der Waals surface area contributed by atoms with Crippen LogP contribution < -0.4 is 10.5 Å². The van der Waals surface area contributed by atoms with E-state index in [9.17, 15) is 0 Å². The molecule has 19 heavy (non-hydrogen) atoms. The lowest BCUT2D eigenvalue weighted by Gasteiger charge is -2.10. The van der Waals surface area contributed by atoms with Crippen LogP contribution in [0.5, 0.6) is 11.6 Å². The number of fused-ring (bicyclic) bond motifs is 1. The van der Waals surface area contributed by atoms with E-state index in [1.807, 2.05) is 37.4 Å². The zero-order valence-corrected chi connectivity index (χ0v) is 11.5. The van der Waals surface area contributed by atoms with Gasteiger partial charge in [-0.15, -0.1) is 11.3 Å². The Morgan fingerprint density at radius 2 is 2.00 bits per heavy atom. The van der Waals surface area contributed by atoms with E-state index in [1.54, 1.807) is 11.3 Å². The van der Waals surface area contributed by atoms with Crippen LogP contribution in [0.3, 0.4) is 0 Å². The van der Waals surface area contributed by atoms with Crippen molar-refractivity contribution in [3.63, 3.8) is 0 Å². The number of aromatic nitrogens is 2. The van der Waals surface area contributed by atoms with Gasteiger partial charge in [0.15, 0.2) is 0 Å². The molecule has 0 aliphatic heterocycles. The predicted molar refractivity (Wildman–Crippen MR) is 77.8 cm³/mol. The van der Waals surface area contributed by atoms with E-state index in [1.165, 1.54) is 6.33 Å². The van der Waals surface area contributed by atoms with E-state index in [0.29, 0.717) is 5.88 Å². The molecule has 0 spiro atoms. The van der Waals surface area contributed by atoms with Gasteiger partial charge in [0, 0.05) is 5.69 Å². The van der Waals surface area contributed by atoms with Gasteiger partial charge in [-0.25, -0.2) is 9.97 Å². The molecule has 0 atom stereocenters. The fourth-order valence-electron chi connectivity index (χ4n) is 1.87. The molecular weight excluding hydrogens is 258 g/mol. The Balaban J connectivity index is 2.06. The maximum absolute atomic E-state index is 5.92. The molecule has 3 rings (SSSR count). The van der Waals surface area contributed by atoms with Gasteiger partial charge in [-0.2, -0.15) is 0 Å². The van der Waals surface area contributed by atoms with Crippen molar-refractivity contribution in [3.8, 4) is 11.6 Å². The number of anilines is 1. The summed E-state index contributed by atoms with van der Waals surface area (Å²) in [5.74, 6) is 1.36. The van der Waals surface area contributed by atoms with Crippen molar-refractivity contribution in [3.05, 3.63) is 41.0 Å². The molecule has 0 aliphatic carbocycles. The average Bonchev–Trinajstić information content (AvgIpc) is 2.85. The zero-order valence-electron chi connectivity index (χ0n) is 10.7. The summed E-state index contributed by atoms with van der Waals surface area (Å²) in [6.45, 7) is 3.93. The number of nitrogens with zero attached hydrogens (tertiary/aromatic N) is 2. The summed E-state index contributed by atoms with van der Waals surface area (Å²) in [6, 6.07) is 5.82. The fourth-order valence-corrected chi connectivity index (χ4v) is 2.60. The molecule has 0 aliphatic rings. The first-order valence-corrected chi connectivity index (χ1v) is 6.76. The van der Waals surface area contributed by atoms with Crippen LogP contribution >= 0.6 is 11.3 Å². The molecule has 5 heteroatoms. The van der Waals surface area contributed by atoms with Gasteiger partial charge in [-0.05, 0) is 48.6 Å². The number of ether oxygens (including phenoxy) is 1. The Labute approximate surface area is 114 Å². The predicted octanol–water partition coefficient (Wildman–Crippen LogP) is 3.68. The molecule has 0 saturated carbocycles. The molecular formula is C14H13N3OS. The maximum Gasteiger partial charge on any atom is 0.231 e. The summed E-state index contributed by atoms with van der Waals surface area (Å²) in [4.78, 5) is 9.34. The van der Waals surface area contributed by atoms with Crippen molar-refractivity contribution in [2.45, 2.75) is 13.8 Å². The average molecular weight is 271 g/mol. The number of hydrogen-bond acceptors (Lipinski definition) is 5. The van der Waals surface area contributed by atoms with Gasteiger partial charge in [0.25, 0.3) is 0 Å². The van der Waals surface area contributed by atoms with Crippen LogP contribution in [0, 0.1) is 13.8 Å². The number of thiophene rings is 1. The monoisotopic (exact) mass is 271 g/mol. The van der Waals surface area contributed by atoms with Crippen LogP contribution in [-0.4, -0.2) is 9.97 Å². The third kappa shape index (κ3) is 2.13. The molecule has 0 radical (unpaired) electrons. The second-order valence-electron chi connectivity index (χ2n) is 4.39. The van der Waals surface area contributed by atoms with Gasteiger partial charge >= 0.3 is 0 Å². The van der Waals surface area contributed by atoms with Crippen molar-refractivity contribution >= 4 is 27.2 Å². The highest BCUT2D eigenvalue weighted by atomic mass is 32.1. The van der Waals surface area contributed by atoms with Gasteiger partial charge in [-0.3, -0.25) is 0 Å². The summed E-state index contributed by atoms with van der Waals surface area (Å²) in [5, 5.41) is 2.91. The molecule has 1 aromatic carbocycles. The minimum Gasteiger partial charge on any atom is -0.438 e. The van der Waals surface area contributed by atoms with E-state index in [0.717, 1.165) is 32.8 Å². The van der Waals surface area contributed by atoms with Crippen LogP contribution in [0.4, 0.5) is 5.69 Å². The zero-order chi connectivity index (χ0) is 13.4. The lowest BCUT2D eigenvalue weighted by molar-refractivity contribution is 0.464. The smallest absolute Gasteiger partial charge is 0.231 e. The molecule has 96 valence electrons. The van der Waals surface area contributed by atoms with E-state index in [4.69, 9.17) is 10.5 Å². The molecule has 0 saturated heterocycles. The standard InChI is InChI=1S/C14H13N3OS/c1-8-6-12(9(2)5-11(8)15)18-13-10-3-4-19-14(10)17-7-16-13/h3-7H,15H2,1-2H3. The lowest BCUT2D eigenvalue weighted by atomic mass is 10.1. The van der Waals surface area contributed by atoms with Gasteiger partial charge in [0.05, 0.1) is 5.39 Å². The first kappa shape index (κ1) is 11.9. The van der Waals surface area contributed by atoms with E-state index in [-0.39, 0.29) is 0 Å². The molecule has 2 aromatic heterocycles. The van der Waals surface area contributed by atoms with Crippen LogP contribution in [0.15, 0.2) is 29.9 Å². The summed E-state index contributed by atoms with van der Waals surface area (Å²) >= 11 is 1.57. The number of nitrogen functional groups attached to an aromatic ring is 1. The van der Waals surface area contributed by atoms with Gasteiger partial charge < -0.3 is 10.5 Å². The van der Waals surface area contributed by atoms with Crippen LogP contribution in [0.25, 0.3) is 10.2 Å². The Bertz CT molecular complexity index is 752. The van der Waals surface area contributed by atoms with E-state index < -0.39 is 0 Å². The summed E-state index contributed by atoms with van der Waals surface area (Å²) in [6.07, 6.45) is 1.52.